The quantitative estimate of drug-likeness (QED) is 0.510. The van der Waals surface area contributed by atoms with Crippen molar-refractivity contribution in [3.63, 3.8) is 0 Å². The molecule has 0 bridgehead atoms. The molecule has 0 fully saturated rings. The zero-order valence-corrected chi connectivity index (χ0v) is 12.3. The Morgan fingerprint density at radius 1 is 1.04 bits per heavy atom. The Morgan fingerprint density at radius 2 is 1.62 bits per heavy atom. The van der Waals surface area contributed by atoms with Gasteiger partial charge in [0.2, 0.25) is 0 Å². The van der Waals surface area contributed by atoms with E-state index in [1.807, 2.05) is 0 Å². The molecule has 2 aliphatic heterocycles. The molecule has 2 amide bonds. The second kappa shape index (κ2) is 6.09. The summed E-state index contributed by atoms with van der Waals surface area (Å²) in [6.07, 6.45) is 6.09. The Balaban J connectivity index is 0.000000224. The zero-order valence-electron chi connectivity index (χ0n) is 11.5. The van der Waals surface area contributed by atoms with Gasteiger partial charge in [0.05, 0.1) is 5.56 Å². The van der Waals surface area contributed by atoms with Gasteiger partial charge >= 0.3 is 15.6 Å². The molecule has 126 valence electrons. The van der Waals surface area contributed by atoms with Crippen molar-refractivity contribution in [1.29, 1.82) is 0 Å². The molecule has 1 N–H and O–H groups in total. The Hall–Kier alpha value is -2.66. The third kappa shape index (κ3) is 3.63. The minimum Gasteiger partial charge on any atom is -0.279 e. The molecule has 0 atom stereocenters. The molecule has 7 nitrogen and oxygen atoms in total. The number of hydrogen-bond acceptors (Lipinski definition) is 4. The lowest BCUT2D eigenvalue weighted by Crippen LogP contribution is -2.28. The van der Waals surface area contributed by atoms with E-state index < -0.39 is 15.6 Å². The van der Waals surface area contributed by atoms with Crippen molar-refractivity contribution in [2.45, 2.75) is 5.51 Å². The minimum absolute atomic E-state index is 0.288. The summed E-state index contributed by atoms with van der Waals surface area (Å²) in [5.41, 5.74) is -4.34. The molecule has 3 rings (SSSR count). The molecule has 0 unspecified atom stereocenters. The van der Waals surface area contributed by atoms with Gasteiger partial charge in [-0.05, 0) is 16.5 Å². The molecular weight excluding hydrogens is 353 g/mol. The molecule has 11 heteroatoms. The van der Waals surface area contributed by atoms with Crippen LogP contribution >= 0.6 is 0 Å². The maximum absolute atomic E-state index is 11.7. The van der Waals surface area contributed by atoms with Gasteiger partial charge in [-0.2, -0.15) is 21.6 Å². The van der Waals surface area contributed by atoms with E-state index in [-0.39, 0.29) is 11.8 Å². The number of alkyl halides is 3. The Bertz CT molecular complexity index is 1010. The fourth-order valence-corrected chi connectivity index (χ4v) is 1.84. The van der Waals surface area contributed by atoms with E-state index in [2.05, 4.69) is 9.98 Å². The Kier molecular flexibility index (Phi) is 4.49. The van der Waals surface area contributed by atoms with Crippen LogP contribution in [0.5, 0.6) is 0 Å². The normalized spacial score (nSPS) is 15.5. The van der Waals surface area contributed by atoms with Crippen molar-refractivity contribution >= 4 is 46.5 Å². The van der Waals surface area contributed by atoms with Crippen LogP contribution in [0.25, 0.3) is 12.2 Å². The molecule has 0 aromatic heterocycles. The summed E-state index contributed by atoms with van der Waals surface area (Å²) in [6, 6.07) is 3.61. The fraction of sp³-hybridized carbons (Fsp3) is 0.0769. The second-order valence-electron chi connectivity index (χ2n) is 4.44. The molecule has 0 saturated carbocycles. The second-order valence-corrected chi connectivity index (χ2v) is 5.86. The van der Waals surface area contributed by atoms with Gasteiger partial charge in [0, 0.05) is 24.1 Å². The predicted octanol–water partition coefficient (Wildman–Crippen LogP) is -0.175. The molecule has 1 aromatic rings. The van der Waals surface area contributed by atoms with Crippen LogP contribution in [-0.2, 0) is 14.9 Å². The van der Waals surface area contributed by atoms with Crippen LogP contribution < -0.4 is 10.4 Å². The number of hydrogen-bond donors (Lipinski definition) is 1. The highest BCUT2D eigenvalue weighted by Gasteiger charge is 2.44. The van der Waals surface area contributed by atoms with Crippen molar-refractivity contribution in [3.05, 3.63) is 33.7 Å². The van der Waals surface area contributed by atoms with Crippen LogP contribution in [-0.4, -0.2) is 42.7 Å². The van der Waals surface area contributed by atoms with Crippen LogP contribution in [0, 0.1) is 0 Å². The molecule has 0 radical (unpaired) electrons. The number of halogens is 3. The topological polar surface area (TPSA) is 113 Å². The summed E-state index contributed by atoms with van der Waals surface area (Å²) in [5, 5.41) is 1.53. The van der Waals surface area contributed by atoms with Crippen molar-refractivity contribution < 1.29 is 35.7 Å². The van der Waals surface area contributed by atoms with E-state index in [1.54, 1.807) is 18.2 Å². The van der Waals surface area contributed by atoms with Gasteiger partial charge < -0.3 is 0 Å². The maximum atomic E-state index is 11.7. The summed E-state index contributed by atoms with van der Waals surface area (Å²) >= 11 is 0. The minimum atomic E-state index is -5.84. The molecule has 1 aromatic carbocycles. The first-order chi connectivity index (χ1) is 11.0. The van der Waals surface area contributed by atoms with Gasteiger partial charge in [0.25, 0.3) is 11.8 Å². The average Bonchev–Trinajstić information content (AvgIpc) is 2.45. The lowest BCUT2D eigenvalue weighted by atomic mass is 9.99. The summed E-state index contributed by atoms with van der Waals surface area (Å²) in [4.78, 5) is 30.2. The third-order valence-electron chi connectivity index (χ3n) is 2.86. The highest BCUT2D eigenvalue weighted by molar-refractivity contribution is 7.86. The van der Waals surface area contributed by atoms with Crippen molar-refractivity contribution in [2.24, 2.45) is 9.98 Å². The molecular formula is C13H7F3N2O5S. The Labute approximate surface area is 132 Å². The number of aliphatic imine (C=N–C) groups is 2. The molecule has 0 spiro atoms. The first-order valence-corrected chi connectivity index (χ1v) is 7.50. The number of nitrogens with zero attached hydrogens (tertiary/aromatic N) is 2. The lowest BCUT2D eigenvalue weighted by molar-refractivity contribution is -0.112. The molecule has 2 aliphatic rings. The van der Waals surface area contributed by atoms with Gasteiger partial charge in [-0.1, -0.05) is 12.1 Å². The number of carbonyl (C=O) groups excluding carboxylic acids is 2. The van der Waals surface area contributed by atoms with Gasteiger partial charge in [-0.25, -0.2) is 9.98 Å². The number of rotatable bonds is 0. The first-order valence-electron chi connectivity index (χ1n) is 6.06. The zero-order chi connectivity index (χ0) is 18.1. The number of carbonyl (C=O) groups is 2. The van der Waals surface area contributed by atoms with Gasteiger partial charge in [-0.15, -0.1) is 0 Å². The van der Waals surface area contributed by atoms with Crippen LogP contribution in [0.15, 0.2) is 22.1 Å². The van der Waals surface area contributed by atoms with Crippen LogP contribution in [0.4, 0.5) is 13.2 Å². The summed E-state index contributed by atoms with van der Waals surface area (Å²) in [7, 11) is -5.84. The lowest BCUT2D eigenvalue weighted by Gasteiger charge is -2.08. The summed E-state index contributed by atoms with van der Waals surface area (Å²) < 4.78 is 57.5. The molecule has 24 heavy (non-hydrogen) atoms. The average molecular weight is 360 g/mol. The van der Waals surface area contributed by atoms with Crippen molar-refractivity contribution in [2.75, 3.05) is 0 Å². The smallest absolute Gasteiger partial charge is 0.279 e. The predicted molar refractivity (Wildman–Crippen MR) is 77.6 cm³/mol. The fourth-order valence-electron chi connectivity index (χ4n) is 1.84. The van der Waals surface area contributed by atoms with Crippen LogP contribution in [0.2, 0.25) is 0 Å². The number of fused-ring (bicyclic) bond motifs is 3. The largest absolute Gasteiger partial charge is 0.522 e. The highest BCUT2D eigenvalue weighted by atomic mass is 32.2. The van der Waals surface area contributed by atoms with Crippen LogP contribution in [0.1, 0.15) is 15.9 Å². The van der Waals surface area contributed by atoms with Crippen LogP contribution in [0.3, 0.4) is 0 Å². The van der Waals surface area contributed by atoms with E-state index >= 15 is 0 Å². The number of amides is 2. The molecule has 0 aliphatic carbocycles. The monoisotopic (exact) mass is 360 g/mol. The third-order valence-corrected chi connectivity index (χ3v) is 3.45. The van der Waals surface area contributed by atoms with Gasteiger partial charge in [0.1, 0.15) is 0 Å². The highest BCUT2D eigenvalue weighted by Crippen LogP contribution is 2.20. The van der Waals surface area contributed by atoms with Gasteiger partial charge in [0.15, 0.2) is 0 Å². The standard InChI is InChI=1S/C12H6N2O2.CHF3O3S/c15-10-5-8-2-1-7-3-4-13-12(16)11(7)9(8)6-14-10;2-1(3,4)8(5,6)7/h1-6H;(H,5,6,7). The van der Waals surface area contributed by atoms with E-state index in [9.17, 15) is 22.8 Å². The van der Waals surface area contributed by atoms with Crippen molar-refractivity contribution in [3.8, 4) is 0 Å². The molecule has 2 heterocycles. The first kappa shape index (κ1) is 17.7. The van der Waals surface area contributed by atoms with Crippen molar-refractivity contribution in [1.82, 2.24) is 0 Å². The Morgan fingerprint density at radius 3 is 2.21 bits per heavy atom. The maximum Gasteiger partial charge on any atom is 0.522 e. The summed E-state index contributed by atoms with van der Waals surface area (Å²) in [5.74, 6) is -0.591. The SMILES string of the molecule is O=C1C=c2ccc3c(c2C=N1)C(=O)N=CC=3.O=S(=O)(O)C(F)(F)F. The number of benzene rings is 1. The summed E-state index contributed by atoms with van der Waals surface area (Å²) in [6.45, 7) is 0. The molecule has 0 saturated heterocycles. The van der Waals surface area contributed by atoms with E-state index in [1.165, 1.54) is 18.5 Å². The van der Waals surface area contributed by atoms with Gasteiger partial charge in [-0.3, -0.25) is 14.1 Å². The van der Waals surface area contributed by atoms with E-state index in [4.69, 9.17) is 13.0 Å². The van der Waals surface area contributed by atoms with E-state index in [0.29, 0.717) is 11.1 Å². The van der Waals surface area contributed by atoms with E-state index in [0.717, 1.165) is 10.4 Å².